The molecule has 0 aromatic carbocycles. The molecule has 93 heavy (non-hydrogen) atoms. The summed E-state index contributed by atoms with van der Waals surface area (Å²) in [7, 11) is -11.6. The number of fused-ring (bicyclic) bond motifs is 6. The predicted molar refractivity (Wildman–Crippen MR) is 330 cm³/mol. The highest BCUT2D eigenvalue weighted by molar-refractivity contribution is 7.52. The van der Waals surface area contributed by atoms with Gasteiger partial charge in [-0.3, -0.25) is 55.2 Å². The normalized spacial score (nSPS) is 34.1. The highest BCUT2D eigenvalue weighted by Crippen LogP contribution is 2.61. The number of carbonyl (C=O) groups is 3. The van der Waals surface area contributed by atoms with E-state index in [2.05, 4.69) is 60.1 Å². The van der Waals surface area contributed by atoms with Gasteiger partial charge in [-0.1, -0.05) is 0 Å². The van der Waals surface area contributed by atoms with Gasteiger partial charge in [0.15, 0.2) is 53.1 Å². The number of hydrogen-bond acceptors (Lipinski definition) is 30. The SMILES string of the molecule is CC(C)OC(=O)C(C)NP1(=O)OC[C@H]2O[C@@H](n3cnc4c(N)ncnc43)[C@](C)(Cl)[C@@H]2O1.CC(C)OC(=O)[C@@H](C)NP1(=O)OC[C@H]2O[C@@H](n3cnc4c(N)ncnc43)[C@](C)(Cl)[C@@H]2O1.CC(C)OC(=O)[C@H](C)NP1(=O)OC[C@H]2O[C@@H](n3cnc4c(N)ncnc43)[C@](C)(Cl)[C@@H]2O1. The molecule has 36 nitrogen and oxygen atoms in total. The van der Waals surface area contributed by atoms with Crippen LogP contribution in [0.15, 0.2) is 38.0 Å². The van der Waals surface area contributed by atoms with Crippen LogP contribution in [0.25, 0.3) is 33.5 Å². The van der Waals surface area contributed by atoms with Gasteiger partial charge in [0.1, 0.15) is 105 Å². The first-order chi connectivity index (χ1) is 43.5. The van der Waals surface area contributed by atoms with Gasteiger partial charge in [-0.2, -0.15) is 0 Å². The molecule has 6 aliphatic heterocycles. The number of imidazole rings is 3. The van der Waals surface area contributed by atoms with Crippen molar-refractivity contribution in [2.45, 2.75) is 189 Å². The fraction of sp³-hybridized carbons (Fsp3) is 0.647. The second kappa shape index (κ2) is 26.9. The Bertz CT molecular complexity index is 3530. The number of rotatable bonds is 15. The van der Waals surface area contributed by atoms with Crippen LogP contribution in [0.5, 0.6) is 0 Å². The number of nitrogens with zero attached hydrogens (tertiary/aromatic N) is 12. The molecule has 6 aromatic rings. The molecule has 0 bridgehead atoms. The molecule has 4 unspecified atom stereocenters. The van der Waals surface area contributed by atoms with E-state index in [-0.39, 0.29) is 55.6 Å². The Labute approximate surface area is 546 Å². The topological polar surface area (TPSA) is 458 Å². The largest absolute Gasteiger partial charge is 0.462 e. The molecule has 0 spiro atoms. The van der Waals surface area contributed by atoms with E-state index in [9.17, 15) is 28.1 Å². The summed E-state index contributed by atoms with van der Waals surface area (Å²) >= 11 is 20.6. The number of alkyl halides is 3. The Morgan fingerprint density at radius 3 is 0.957 bits per heavy atom. The second-order valence-corrected chi connectivity index (χ2v) is 31.4. The summed E-state index contributed by atoms with van der Waals surface area (Å²) in [4.78, 5) is 69.9. The fourth-order valence-corrected chi connectivity index (χ4v) is 17.3. The molecule has 6 fully saturated rings. The van der Waals surface area contributed by atoms with Crippen LogP contribution in [0.3, 0.4) is 0 Å². The molecule has 12 rings (SSSR count). The number of nitrogens with two attached hydrogens (primary N) is 3. The maximum absolute atomic E-state index is 13.2. The van der Waals surface area contributed by atoms with Gasteiger partial charge in [-0.05, 0) is 83.1 Å². The van der Waals surface area contributed by atoms with Crippen LogP contribution in [-0.4, -0.2) is 184 Å². The average Bonchev–Trinajstić information content (AvgIpc) is 1.60. The van der Waals surface area contributed by atoms with Crippen molar-refractivity contribution >= 4 is 127 Å². The van der Waals surface area contributed by atoms with E-state index in [0.29, 0.717) is 33.5 Å². The number of nitrogens with one attached hydrogen (secondary N) is 3. The molecular formula is C51H72Cl3N18O18P3. The molecule has 0 radical (unpaired) electrons. The first-order valence-electron chi connectivity index (χ1n) is 29.1. The summed E-state index contributed by atoms with van der Waals surface area (Å²) < 4.78 is 112. The average molecular weight is 1420 g/mol. The molecular weight excluding hydrogens is 1350 g/mol. The number of hydrogen-bond donors (Lipinski definition) is 6. The number of halogens is 3. The smallest absolute Gasteiger partial charge is 0.406 e. The quantitative estimate of drug-likeness (QED) is 0.0330. The van der Waals surface area contributed by atoms with Crippen LogP contribution in [0.4, 0.5) is 17.5 Å². The van der Waals surface area contributed by atoms with E-state index in [1.807, 2.05) is 0 Å². The van der Waals surface area contributed by atoms with Crippen molar-refractivity contribution in [2.75, 3.05) is 37.0 Å². The Morgan fingerprint density at radius 1 is 0.473 bits per heavy atom. The monoisotopic (exact) mass is 1420 g/mol. The van der Waals surface area contributed by atoms with Crippen LogP contribution in [0.1, 0.15) is 102 Å². The van der Waals surface area contributed by atoms with Gasteiger partial charge in [0.05, 0.1) is 57.1 Å². The Balaban J connectivity index is 0.000000153. The van der Waals surface area contributed by atoms with E-state index in [1.165, 1.54) is 58.7 Å². The van der Waals surface area contributed by atoms with Crippen LogP contribution >= 0.6 is 58.0 Å². The molecule has 510 valence electrons. The van der Waals surface area contributed by atoms with Crippen LogP contribution in [0, 0.1) is 0 Å². The van der Waals surface area contributed by atoms with Gasteiger partial charge in [0, 0.05) is 0 Å². The second-order valence-electron chi connectivity index (χ2n) is 23.8. The molecule has 6 aliphatic rings. The Morgan fingerprint density at radius 2 is 0.720 bits per heavy atom. The molecule has 6 saturated heterocycles. The molecule has 9 N–H and O–H groups in total. The van der Waals surface area contributed by atoms with Crippen molar-refractivity contribution in [3.05, 3.63) is 38.0 Å². The lowest BCUT2D eigenvalue weighted by Crippen LogP contribution is -2.47. The fourth-order valence-electron chi connectivity index (χ4n) is 10.8. The van der Waals surface area contributed by atoms with Crippen molar-refractivity contribution in [2.24, 2.45) is 0 Å². The van der Waals surface area contributed by atoms with E-state index in [4.69, 9.17) is 108 Å². The minimum atomic E-state index is -3.86. The zero-order chi connectivity index (χ0) is 67.7. The molecule has 0 saturated carbocycles. The van der Waals surface area contributed by atoms with Crippen LogP contribution in [-0.2, 0) is 83.6 Å². The number of esters is 3. The van der Waals surface area contributed by atoms with E-state index >= 15 is 0 Å². The molecule has 42 heteroatoms. The number of carbonyl (C=O) groups excluding carboxylic acids is 3. The molecule has 0 aliphatic carbocycles. The summed E-state index contributed by atoms with van der Waals surface area (Å²) in [6, 6.07) is -2.75. The highest BCUT2D eigenvalue weighted by atomic mass is 35.5. The van der Waals surface area contributed by atoms with Crippen molar-refractivity contribution in [1.82, 2.24) is 73.8 Å². The third-order valence-electron chi connectivity index (χ3n) is 15.1. The van der Waals surface area contributed by atoms with Crippen molar-refractivity contribution < 1.29 is 83.6 Å². The summed E-state index contributed by atoms with van der Waals surface area (Å²) in [6.45, 7) is 19.8. The van der Waals surface area contributed by atoms with Crippen molar-refractivity contribution in [3.63, 3.8) is 0 Å². The minimum Gasteiger partial charge on any atom is -0.462 e. The summed E-state index contributed by atoms with van der Waals surface area (Å²) in [6.07, 6.45) is 0.992. The number of anilines is 3. The van der Waals surface area contributed by atoms with Crippen molar-refractivity contribution in [3.8, 4) is 0 Å². The van der Waals surface area contributed by atoms with E-state index in [1.54, 1.807) is 76.0 Å². The van der Waals surface area contributed by atoms with E-state index in [0.717, 1.165) is 0 Å². The van der Waals surface area contributed by atoms with Gasteiger partial charge < -0.3 is 45.6 Å². The summed E-state index contributed by atoms with van der Waals surface area (Å²) in [5.74, 6) is -1.04. The standard InChI is InChI=1S/3C17H24ClN6O6P/c3*1-8(2)28-15(25)9(3)23-31(26)27-5-10-12(30-31)17(4,18)16(29-10)24-7-22-11-13(19)20-6-21-14(11)24/h3*6-10,12,16H,5H2,1-4H3,(H,23,26)(H2,19,20,21)/t9?,10-,12-,16-,17-,31?;9-,10+,12+,16+,17+,31?;9-,10-,12-,16-,17-,31?/m101/s1. The first-order valence-corrected chi connectivity index (χ1v) is 34.9. The maximum Gasteiger partial charge on any atom is 0.406 e. The lowest BCUT2D eigenvalue weighted by Gasteiger charge is -2.36. The van der Waals surface area contributed by atoms with Crippen LogP contribution in [0.2, 0.25) is 0 Å². The molecule has 6 aromatic heterocycles. The van der Waals surface area contributed by atoms with E-state index < -0.39 is 129 Å². The Kier molecular flexibility index (Phi) is 20.3. The minimum absolute atomic E-state index is 0.0521. The highest BCUT2D eigenvalue weighted by Gasteiger charge is 2.63. The Hall–Kier alpha value is -5.46. The molecule has 12 heterocycles. The zero-order valence-electron chi connectivity index (χ0n) is 52.2. The third kappa shape index (κ3) is 14.4. The van der Waals surface area contributed by atoms with Gasteiger partial charge in [-0.15, -0.1) is 34.8 Å². The number of nitrogen functional groups attached to an aromatic ring is 3. The van der Waals surface area contributed by atoms with Gasteiger partial charge >= 0.3 is 41.1 Å². The summed E-state index contributed by atoms with van der Waals surface area (Å²) in [5, 5.41) is 7.81. The van der Waals surface area contributed by atoms with Crippen LogP contribution < -0.4 is 32.5 Å². The lowest BCUT2D eigenvalue weighted by molar-refractivity contribution is -0.150. The first kappa shape index (κ1) is 70.3. The van der Waals surface area contributed by atoms with Crippen molar-refractivity contribution in [1.29, 1.82) is 0 Å². The van der Waals surface area contributed by atoms with Gasteiger partial charge in [-0.25, -0.2) is 73.8 Å². The molecule has 0 amide bonds. The van der Waals surface area contributed by atoms with Gasteiger partial charge in [0.25, 0.3) is 0 Å². The maximum atomic E-state index is 13.2. The lowest BCUT2D eigenvalue weighted by atomic mass is 10.0. The number of ether oxygens (including phenoxy) is 6. The number of aromatic nitrogens is 12. The zero-order valence-corrected chi connectivity index (χ0v) is 57.1. The predicted octanol–water partition coefficient (Wildman–Crippen LogP) is 5.27. The third-order valence-corrected chi connectivity index (χ3v) is 21.4. The van der Waals surface area contributed by atoms with Gasteiger partial charge in [0.2, 0.25) is 0 Å². The molecule has 18 atom stereocenters. The summed E-state index contributed by atoms with van der Waals surface area (Å²) in [5.41, 5.74) is 20.1.